The predicted octanol–water partition coefficient (Wildman–Crippen LogP) is 6.30. The number of hydrogen-bond acceptors (Lipinski definition) is 9. The topological polar surface area (TPSA) is 155 Å². The third-order valence-corrected chi connectivity index (χ3v) is 13.4. The number of carbonyl (C=O) groups is 5. The number of amides is 4. The molecule has 0 radical (unpaired) electrons. The molecule has 0 spiro atoms. The highest BCUT2D eigenvalue weighted by Gasteiger charge is 2.57. The second-order valence-electron chi connectivity index (χ2n) is 19.2. The number of nitrogens with zero attached hydrogens (tertiary/aromatic N) is 5. The Labute approximate surface area is 391 Å². The SMILES string of the molecule is C=CC(=O)N1C[C@H](F)[C@](F)(C(=O)N(C)[C@H](C(=O)N[C@H]2Cc3cccc(c3)-c3ccc4c(c3)c(c(-c3cccnc3[C@H](C)OC)n4CC)CC(C)(C)COC(=O)[C@@H]3CCCN(N3)C2=O)C(C)C)C1. The number of pyridine rings is 1. The molecule has 3 aliphatic heterocycles. The van der Waals surface area contributed by atoms with Crippen LogP contribution in [0.3, 0.4) is 0 Å². The Kier molecular flexibility index (Phi) is 14.4. The van der Waals surface area contributed by atoms with E-state index in [9.17, 15) is 24.0 Å². The van der Waals surface area contributed by atoms with E-state index in [4.69, 9.17) is 14.5 Å². The normalized spacial score (nSPS) is 23.1. The van der Waals surface area contributed by atoms with Crippen LogP contribution in [0, 0.1) is 11.3 Å². The third kappa shape index (κ3) is 9.73. The van der Waals surface area contributed by atoms with Crippen LogP contribution in [0.25, 0.3) is 33.3 Å². The van der Waals surface area contributed by atoms with Crippen molar-refractivity contribution < 1.29 is 42.2 Å². The van der Waals surface area contributed by atoms with Crippen LogP contribution in [0.2, 0.25) is 0 Å². The number of aromatic nitrogens is 2. The van der Waals surface area contributed by atoms with Crippen LogP contribution in [-0.2, 0) is 52.8 Å². The van der Waals surface area contributed by atoms with E-state index in [1.165, 1.54) is 12.1 Å². The minimum Gasteiger partial charge on any atom is -0.464 e. The summed E-state index contributed by atoms with van der Waals surface area (Å²) in [6.45, 7) is 14.4. The van der Waals surface area contributed by atoms with Gasteiger partial charge >= 0.3 is 5.97 Å². The summed E-state index contributed by atoms with van der Waals surface area (Å²) in [6, 6.07) is 14.6. The van der Waals surface area contributed by atoms with Crippen LogP contribution in [0.5, 0.6) is 0 Å². The molecule has 2 aromatic carbocycles. The summed E-state index contributed by atoms with van der Waals surface area (Å²) in [5, 5.41) is 5.22. The van der Waals surface area contributed by atoms with Crippen LogP contribution in [0.1, 0.15) is 77.3 Å². The smallest absolute Gasteiger partial charge is 0.324 e. The first-order chi connectivity index (χ1) is 31.8. The van der Waals surface area contributed by atoms with E-state index in [0.717, 1.165) is 60.4 Å². The number of esters is 1. The summed E-state index contributed by atoms with van der Waals surface area (Å²) >= 11 is 0. The average Bonchev–Trinajstić information content (AvgIpc) is 3.80. The second-order valence-corrected chi connectivity index (χ2v) is 19.2. The maximum atomic E-state index is 16.3. The molecule has 2 N–H and O–H groups in total. The molecule has 0 aliphatic carbocycles. The Bertz CT molecular complexity index is 2560. The molecule has 4 amide bonds. The van der Waals surface area contributed by atoms with Crippen LogP contribution in [0.15, 0.2) is 73.4 Å². The number of cyclic esters (lactones) is 1. The van der Waals surface area contributed by atoms with E-state index in [1.807, 2.05) is 37.3 Å². The van der Waals surface area contributed by atoms with Crippen molar-refractivity contribution in [3.63, 3.8) is 0 Å². The molecule has 2 fully saturated rings. The Hall–Kier alpha value is -6.00. The number of nitrogens with one attached hydrogen (secondary N) is 2. The summed E-state index contributed by atoms with van der Waals surface area (Å²) in [5.41, 5.74) is 6.77. The lowest BCUT2D eigenvalue weighted by Gasteiger charge is -2.37. The van der Waals surface area contributed by atoms with Gasteiger partial charge in [-0.3, -0.25) is 34.0 Å². The van der Waals surface area contributed by atoms with Gasteiger partial charge in [-0.2, -0.15) is 0 Å². The number of alkyl halides is 2. The maximum absolute atomic E-state index is 16.3. The number of aryl methyl sites for hydroxylation is 1. The van der Waals surface area contributed by atoms with Gasteiger partial charge in [0.05, 0.1) is 37.2 Å². The number of rotatable bonds is 10. The first-order valence-electron chi connectivity index (χ1n) is 23.1. The van der Waals surface area contributed by atoms with Crippen molar-refractivity contribution in [1.29, 1.82) is 0 Å². The zero-order valence-corrected chi connectivity index (χ0v) is 39.7. The Morgan fingerprint density at radius 3 is 2.55 bits per heavy atom. The lowest BCUT2D eigenvalue weighted by atomic mass is 9.84. The van der Waals surface area contributed by atoms with Crippen LogP contribution < -0.4 is 10.7 Å². The lowest BCUT2D eigenvalue weighted by molar-refractivity contribution is -0.155. The van der Waals surface area contributed by atoms with Gasteiger partial charge < -0.3 is 29.2 Å². The first kappa shape index (κ1) is 48.9. The Morgan fingerprint density at radius 2 is 1.85 bits per heavy atom. The van der Waals surface area contributed by atoms with Crippen LogP contribution in [0.4, 0.5) is 8.78 Å². The van der Waals surface area contributed by atoms with E-state index in [1.54, 1.807) is 27.2 Å². The monoisotopic (exact) mass is 923 g/mol. The second kappa shape index (κ2) is 19.7. The summed E-state index contributed by atoms with van der Waals surface area (Å²) < 4.78 is 45.8. The molecule has 0 unspecified atom stereocenters. The molecule has 2 saturated heterocycles. The zero-order valence-electron chi connectivity index (χ0n) is 39.7. The molecule has 16 heteroatoms. The standard InChI is InChI=1S/C51H63F2N7O7/c1-10-42(61)58-27-41(52)51(53,28-58)49(65)57(8)44(30(3)4)46(62)55-39-24-32-15-12-16-33(23-32)34-19-20-40-36(25-34)37(45(59(40)11-2)35-17-13-21-54-43(35)31(5)66-9)26-50(6,7)29-67-48(64)38-18-14-22-60(56-38)47(39)63/h10,12-13,15-17,19-21,23,25,30-31,38-39,41,44,56H,1,11,14,18,22,24,26-29H2,2-9H3,(H,55,62)/t31-,38-,39-,41-,44-,51-/m0/s1. The average molecular weight is 924 g/mol. The fourth-order valence-electron chi connectivity index (χ4n) is 9.87. The molecule has 14 nitrogen and oxygen atoms in total. The van der Waals surface area contributed by atoms with Crippen molar-refractivity contribution in [2.75, 3.05) is 40.4 Å². The van der Waals surface area contributed by atoms with Crippen LogP contribution in [-0.4, -0.2) is 124 Å². The van der Waals surface area contributed by atoms with E-state index in [2.05, 4.69) is 66.9 Å². The molecule has 0 saturated carbocycles. The van der Waals surface area contributed by atoms with Gasteiger partial charge in [0.15, 0.2) is 6.17 Å². The molecule has 4 aromatic rings. The summed E-state index contributed by atoms with van der Waals surface area (Å²) in [5.74, 6) is -4.46. The summed E-state index contributed by atoms with van der Waals surface area (Å²) in [4.78, 5) is 75.6. The molecule has 67 heavy (non-hydrogen) atoms. The van der Waals surface area contributed by atoms with Crippen molar-refractivity contribution in [3.8, 4) is 22.4 Å². The van der Waals surface area contributed by atoms with Gasteiger partial charge in [-0.05, 0) is 91.6 Å². The lowest BCUT2D eigenvalue weighted by Crippen LogP contribution is -2.63. The highest BCUT2D eigenvalue weighted by molar-refractivity contribution is 5.97. The summed E-state index contributed by atoms with van der Waals surface area (Å²) in [7, 11) is 2.88. The molecular weight excluding hydrogens is 861 g/mol. The number of hydrogen-bond donors (Lipinski definition) is 2. The number of benzene rings is 2. The highest BCUT2D eigenvalue weighted by Crippen LogP contribution is 2.42. The van der Waals surface area contributed by atoms with Gasteiger partial charge in [0.25, 0.3) is 11.8 Å². The van der Waals surface area contributed by atoms with E-state index >= 15 is 8.78 Å². The fraction of sp³-hybridized carbons (Fsp3) is 0.490. The van der Waals surface area contributed by atoms with Crippen molar-refractivity contribution in [2.45, 2.75) is 110 Å². The van der Waals surface area contributed by atoms with Crippen molar-refractivity contribution in [1.82, 2.24) is 35.1 Å². The molecule has 6 bridgehead atoms. The molecule has 6 atom stereocenters. The van der Waals surface area contributed by atoms with Gasteiger partial charge in [-0.25, -0.2) is 14.2 Å². The van der Waals surface area contributed by atoms with Crippen molar-refractivity contribution in [3.05, 3.63) is 90.3 Å². The van der Waals surface area contributed by atoms with Gasteiger partial charge in [-0.15, -0.1) is 0 Å². The van der Waals surface area contributed by atoms with Crippen LogP contribution >= 0.6 is 0 Å². The molecule has 5 heterocycles. The number of hydrazine groups is 1. The zero-order chi connectivity index (χ0) is 48.5. The number of ether oxygens (including phenoxy) is 2. The molecule has 3 aliphatic rings. The van der Waals surface area contributed by atoms with E-state index in [-0.39, 0.29) is 25.7 Å². The molecular formula is C51H63F2N7O7. The number of likely N-dealkylation sites (N-methyl/N-ethyl adjacent to an activating group) is 1. The number of likely N-dealkylation sites (tertiary alicyclic amines) is 1. The Morgan fingerprint density at radius 1 is 1.10 bits per heavy atom. The number of fused-ring (bicyclic) bond motifs is 6. The van der Waals surface area contributed by atoms with Crippen molar-refractivity contribution in [2.24, 2.45) is 11.3 Å². The third-order valence-electron chi connectivity index (χ3n) is 13.4. The predicted molar refractivity (Wildman–Crippen MR) is 251 cm³/mol. The van der Waals surface area contributed by atoms with Gasteiger partial charge in [0.2, 0.25) is 17.5 Å². The molecule has 358 valence electrons. The van der Waals surface area contributed by atoms with Gasteiger partial charge in [0, 0.05) is 61.7 Å². The quantitative estimate of drug-likeness (QED) is 0.138. The van der Waals surface area contributed by atoms with Gasteiger partial charge in [-0.1, -0.05) is 64.6 Å². The number of methoxy groups -OCH3 is 1. The van der Waals surface area contributed by atoms with Gasteiger partial charge in [0.1, 0.15) is 18.1 Å². The highest BCUT2D eigenvalue weighted by atomic mass is 19.2. The van der Waals surface area contributed by atoms with E-state index < -0.39 is 84.0 Å². The maximum Gasteiger partial charge on any atom is 0.324 e. The minimum atomic E-state index is -3.11. The summed E-state index contributed by atoms with van der Waals surface area (Å²) in [6.07, 6.45) is 1.49. The van der Waals surface area contributed by atoms with Crippen molar-refractivity contribution >= 4 is 40.5 Å². The van der Waals surface area contributed by atoms with E-state index in [0.29, 0.717) is 31.4 Å². The minimum absolute atomic E-state index is 0.00587. The Balaban J connectivity index is 1.30. The fourth-order valence-corrected chi connectivity index (χ4v) is 9.87. The largest absolute Gasteiger partial charge is 0.464 e. The number of halogens is 2. The molecule has 7 rings (SSSR count). The number of carbonyl (C=O) groups excluding carboxylic acids is 5. The first-order valence-corrected chi connectivity index (χ1v) is 23.1. The molecule has 2 aromatic heterocycles.